The maximum atomic E-state index is 12.2. The van der Waals surface area contributed by atoms with Crippen molar-refractivity contribution >= 4 is 12.2 Å². The lowest BCUT2D eigenvalue weighted by Crippen LogP contribution is -2.38. The van der Waals surface area contributed by atoms with Gasteiger partial charge in [-0.2, -0.15) is 10.5 Å². The quantitative estimate of drug-likeness (QED) is 0.395. The number of hydrogen-bond donors (Lipinski definition) is 0. The predicted molar refractivity (Wildman–Crippen MR) is 152 cm³/mol. The van der Waals surface area contributed by atoms with Crippen LogP contribution < -0.4 is 0 Å². The molecule has 2 aromatic carbocycles. The summed E-state index contributed by atoms with van der Waals surface area (Å²) >= 11 is 0. The zero-order valence-corrected chi connectivity index (χ0v) is 24.5. The molecule has 0 fully saturated rings. The van der Waals surface area contributed by atoms with Crippen molar-refractivity contribution in [3.63, 3.8) is 0 Å². The van der Waals surface area contributed by atoms with Gasteiger partial charge in [-0.05, 0) is 114 Å². The second kappa shape index (κ2) is 12.9. The van der Waals surface area contributed by atoms with E-state index < -0.39 is 11.2 Å². The number of rotatable bonds is 0. The molecule has 2 aromatic rings. The Kier molecular flexibility index (Phi) is 9.82. The van der Waals surface area contributed by atoms with Gasteiger partial charge >= 0.3 is 12.2 Å². The summed E-state index contributed by atoms with van der Waals surface area (Å²) in [5.74, 6) is 0. The van der Waals surface area contributed by atoms with E-state index in [1.165, 1.54) is 5.56 Å². The van der Waals surface area contributed by atoms with Crippen molar-refractivity contribution in [3.8, 4) is 12.1 Å². The number of aryl methyl sites for hydroxylation is 1. The number of ether oxygens (including phenoxy) is 2. The minimum absolute atomic E-state index is 0.259. The lowest BCUT2D eigenvalue weighted by Gasteiger charge is -2.26. The minimum Gasteiger partial charge on any atom is -0.444 e. The standard InChI is InChI=1S/2C16H20N2O2/c1-16(2,3)20-15(19)18-8-6-13-5-4-12(11-17)10-14(13)7-9-18;1-16(2,3)20-15(19)18-8-4-5-13-9-12(10-17)6-7-14(13)11-18/h4-5,10H,6-9H2,1-3H3;6-7,9H,4-5,8,11H2,1-3H3. The smallest absolute Gasteiger partial charge is 0.410 e. The summed E-state index contributed by atoms with van der Waals surface area (Å²) in [5.41, 5.74) is 5.05. The first-order valence-corrected chi connectivity index (χ1v) is 13.8. The van der Waals surface area contributed by atoms with Crippen molar-refractivity contribution in [1.82, 2.24) is 9.80 Å². The third kappa shape index (κ3) is 9.02. The number of nitriles is 2. The van der Waals surface area contributed by atoms with Gasteiger partial charge in [-0.25, -0.2) is 9.59 Å². The van der Waals surface area contributed by atoms with Crippen LogP contribution in [0.3, 0.4) is 0 Å². The summed E-state index contributed by atoms with van der Waals surface area (Å²) in [6.07, 6.45) is 2.83. The van der Waals surface area contributed by atoms with Crippen molar-refractivity contribution < 1.29 is 19.1 Å². The molecule has 2 aliphatic heterocycles. The first kappa shape index (κ1) is 30.5. The molecule has 0 radical (unpaired) electrons. The van der Waals surface area contributed by atoms with E-state index in [0.717, 1.165) is 42.4 Å². The van der Waals surface area contributed by atoms with Gasteiger partial charge in [0.05, 0.1) is 23.3 Å². The van der Waals surface area contributed by atoms with Crippen LogP contribution in [-0.2, 0) is 35.3 Å². The highest BCUT2D eigenvalue weighted by Gasteiger charge is 2.25. The lowest BCUT2D eigenvalue weighted by molar-refractivity contribution is 0.0232. The van der Waals surface area contributed by atoms with Crippen LogP contribution in [0.15, 0.2) is 36.4 Å². The van der Waals surface area contributed by atoms with Crippen molar-refractivity contribution in [2.24, 2.45) is 0 Å². The van der Waals surface area contributed by atoms with E-state index in [1.807, 2.05) is 71.9 Å². The molecule has 2 amide bonds. The van der Waals surface area contributed by atoms with E-state index in [4.69, 9.17) is 20.0 Å². The fourth-order valence-electron chi connectivity index (χ4n) is 4.61. The molecule has 2 heterocycles. The minimum atomic E-state index is -0.475. The molecule has 0 saturated carbocycles. The highest BCUT2D eigenvalue weighted by atomic mass is 16.6. The van der Waals surface area contributed by atoms with Gasteiger partial charge in [0.1, 0.15) is 11.2 Å². The van der Waals surface area contributed by atoms with Gasteiger partial charge in [0, 0.05) is 26.2 Å². The van der Waals surface area contributed by atoms with E-state index in [2.05, 4.69) is 12.1 Å². The van der Waals surface area contributed by atoms with Crippen LogP contribution in [0.5, 0.6) is 0 Å². The zero-order chi connectivity index (χ0) is 29.5. The lowest BCUT2D eigenvalue weighted by atomic mass is 10.0. The molecule has 4 rings (SSSR count). The summed E-state index contributed by atoms with van der Waals surface area (Å²) in [6.45, 7) is 13.8. The molecule has 212 valence electrons. The molecule has 0 N–H and O–H groups in total. The molecule has 0 unspecified atom stereocenters. The highest BCUT2D eigenvalue weighted by molar-refractivity contribution is 5.69. The number of amides is 2. The molecule has 0 atom stereocenters. The van der Waals surface area contributed by atoms with Gasteiger partial charge in [-0.15, -0.1) is 0 Å². The Labute approximate surface area is 238 Å². The number of carbonyl (C=O) groups is 2. The van der Waals surface area contributed by atoms with Gasteiger partial charge in [0.15, 0.2) is 0 Å². The SMILES string of the molecule is CC(C)(C)OC(=O)N1CCCc2cc(C#N)ccc2C1.CC(C)(C)OC(=O)N1CCc2ccc(C#N)cc2CC1. The molecular formula is C32H40N4O4. The first-order chi connectivity index (χ1) is 18.8. The van der Waals surface area contributed by atoms with Crippen LogP contribution in [0.4, 0.5) is 9.59 Å². The molecule has 2 aliphatic rings. The maximum absolute atomic E-state index is 12.2. The van der Waals surface area contributed by atoms with Crippen LogP contribution in [0, 0.1) is 22.7 Å². The molecule has 0 aliphatic carbocycles. The Morgan fingerprint density at radius 3 is 1.68 bits per heavy atom. The number of fused-ring (bicyclic) bond motifs is 2. The fraction of sp³-hybridized carbons (Fsp3) is 0.500. The van der Waals surface area contributed by atoms with Crippen LogP contribution in [0.1, 0.15) is 81.3 Å². The van der Waals surface area contributed by atoms with E-state index in [-0.39, 0.29) is 12.2 Å². The summed E-state index contributed by atoms with van der Waals surface area (Å²) in [6, 6.07) is 15.7. The summed E-state index contributed by atoms with van der Waals surface area (Å²) < 4.78 is 10.8. The van der Waals surface area contributed by atoms with Crippen molar-refractivity contribution in [2.45, 2.75) is 85.0 Å². The maximum Gasteiger partial charge on any atom is 0.410 e. The third-order valence-corrected chi connectivity index (χ3v) is 6.51. The van der Waals surface area contributed by atoms with Crippen LogP contribution in [-0.4, -0.2) is 52.8 Å². The van der Waals surface area contributed by atoms with Crippen LogP contribution in [0.2, 0.25) is 0 Å². The number of nitrogens with zero attached hydrogens (tertiary/aromatic N) is 4. The number of hydrogen-bond acceptors (Lipinski definition) is 6. The monoisotopic (exact) mass is 544 g/mol. The van der Waals surface area contributed by atoms with Gasteiger partial charge in [0.2, 0.25) is 0 Å². The zero-order valence-electron chi connectivity index (χ0n) is 24.5. The predicted octanol–water partition coefficient (Wildman–Crippen LogP) is 6.14. The largest absolute Gasteiger partial charge is 0.444 e. The van der Waals surface area contributed by atoms with Gasteiger partial charge in [-0.1, -0.05) is 12.1 Å². The Balaban J connectivity index is 0.000000220. The molecule has 8 nitrogen and oxygen atoms in total. The molecule has 8 heteroatoms. The van der Waals surface area contributed by atoms with Crippen molar-refractivity contribution in [3.05, 3.63) is 69.8 Å². The highest BCUT2D eigenvalue weighted by Crippen LogP contribution is 2.22. The summed E-state index contributed by atoms with van der Waals surface area (Å²) in [4.78, 5) is 27.7. The van der Waals surface area contributed by atoms with Crippen LogP contribution >= 0.6 is 0 Å². The molecule has 0 aromatic heterocycles. The van der Waals surface area contributed by atoms with E-state index in [9.17, 15) is 9.59 Å². The van der Waals surface area contributed by atoms with Crippen molar-refractivity contribution in [1.29, 1.82) is 10.5 Å². The second-order valence-corrected chi connectivity index (χ2v) is 12.2. The Morgan fingerprint density at radius 2 is 1.15 bits per heavy atom. The average molecular weight is 545 g/mol. The molecule has 0 spiro atoms. The molecule has 40 heavy (non-hydrogen) atoms. The van der Waals surface area contributed by atoms with E-state index in [0.29, 0.717) is 37.3 Å². The van der Waals surface area contributed by atoms with Crippen LogP contribution in [0.25, 0.3) is 0 Å². The normalized spacial score (nSPS) is 15.0. The Hall–Kier alpha value is -4.04. The summed E-state index contributed by atoms with van der Waals surface area (Å²) in [5, 5.41) is 17.9. The van der Waals surface area contributed by atoms with Gasteiger partial charge < -0.3 is 19.3 Å². The first-order valence-electron chi connectivity index (χ1n) is 13.8. The summed E-state index contributed by atoms with van der Waals surface area (Å²) in [7, 11) is 0. The second-order valence-electron chi connectivity index (χ2n) is 12.2. The number of benzene rings is 2. The Morgan fingerprint density at radius 1 is 0.675 bits per heavy atom. The topological polar surface area (TPSA) is 107 Å². The van der Waals surface area contributed by atoms with Crippen molar-refractivity contribution in [2.75, 3.05) is 19.6 Å². The third-order valence-electron chi connectivity index (χ3n) is 6.51. The Bertz CT molecular complexity index is 1310. The van der Waals surface area contributed by atoms with E-state index >= 15 is 0 Å². The fourth-order valence-corrected chi connectivity index (χ4v) is 4.61. The van der Waals surface area contributed by atoms with E-state index in [1.54, 1.807) is 15.9 Å². The molecule has 0 bridgehead atoms. The number of carbonyl (C=O) groups excluding carboxylic acids is 2. The molecular weight excluding hydrogens is 504 g/mol. The average Bonchev–Trinajstić information content (AvgIpc) is 3.22. The van der Waals surface area contributed by atoms with Gasteiger partial charge in [0.25, 0.3) is 0 Å². The van der Waals surface area contributed by atoms with Gasteiger partial charge in [-0.3, -0.25) is 0 Å². The molecule has 0 saturated heterocycles.